The lowest BCUT2D eigenvalue weighted by Gasteiger charge is -2.10. The van der Waals surface area contributed by atoms with Crippen LogP contribution in [0.3, 0.4) is 0 Å². The van der Waals surface area contributed by atoms with Crippen molar-refractivity contribution in [1.29, 1.82) is 0 Å². The molecular weight excluding hydrogens is 276 g/mol. The number of imidazole rings is 1. The second-order valence-electron chi connectivity index (χ2n) is 5.20. The van der Waals surface area contributed by atoms with Gasteiger partial charge in [0.2, 0.25) is 0 Å². The van der Waals surface area contributed by atoms with Crippen LogP contribution < -0.4 is 10.4 Å². The minimum Gasteiger partial charge on any atom is -0.488 e. The third kappa shape index (κ3) is 2.15. The Labute approximate surface area is 126 Å². The van der Waals surface area contributed by atoms with Crippen LogP contribution in [0.4, 0.5) is 0 Å². The van der Waals surface area contributed by atoms with E-state index in [-0.39, 0.29) is 5.69 Å². The zero-order valence-electron chi connectivity index (χ0n) is 11.8. The maximum absolute atomic E-state index is 11.6. The number of H-pyrrole nitrogens is 2. The van der Waals surface area contributed by atoms with E-state index in [0.717, 1.165) is 33.1 Å². The van der Waals surface area contributed by atoms with Crippen LogP contribution in [0, 0.1) is 0 Å². The third-order valence-electron chi connectivity index (χ3n) is 3.73. The molecule has 108 valence electrons. The van der Waals surface area contributed by atoms with E-state index < -0.39 is 0 Å². The van der Waals surface area contributed by atoms with E-state index in [1.807, 2.05) is 60.7 Å². The van der Waals surface area contributed by atoms with Crippen molar-refractivity contribution in [2.75, 3.05) is 0 Å². The molecule has 0 atom stereocenters. The minimum absolute atomic E-state index is 0.208. The molecule has 0 fully saturated rings. The molecule has 2 N–H and O–H groups in total. The summed E-state index contributed by atoms with van der Waals surface area (Å²) < 4.78 is 5.99. The summed E-state index contributed by atoms with van der Waals surface area (Å²) in [6.45, 7) is 0.491. The standard InChI is InChI=1S/C18H14N2O2/c21-18-19-15-10-16(22-11-12-6-2-1-3-7-12)13-8-4-5-9-14(13)17(15)20-18/h1-10H,11H2,(H2,19,20,21). The first-order valence-corrected chi connectivity index (χ1v) is 7.12. The molecule has 0 radical (unpaired) electrons. The van der Waals surface area contributed by atoms with Crippen molar-refractivity contribution < 1.29 is 4.74 Å². The second kappa shape index (κ2) is 5.07. The van der Waals surface area contributed by atoms with Gasteiger partial charge in [-0.1, -0.05) is 54.6 Å². The zero-order chi connectivity index (χ0) is 14.9. The fraction of sp³-hybridized carbons (Fsp3) is 0.0556. The maximum atomic E-state index is 11.6. The average Bonchev–Trinajstić information content (AvgIpc) is 2.94. The quantitative estimate of drug-likeness (QED) is 0.606. The summed E-state index contributed by atoms with van der Waals surface area (Å²) >= 11 is 0. The van der Waals surface area contributed by atoms with Gasteiger partial charge >= 0.3 is 5.69 Å². The summed E-state index contributed by atoms with van der Waals surface area (Å²) in [6.07, 6.45) is 0. The number of aromatic amines is 2. The van der Waals surface area contributed by atoms with Crippen LogP contribution in [0.2, 0.25) is 0 Å². The van der Waals surface area contributed by atoms with Gasteiger partial charge in [0.05, 0.1) is 11.0 Å². The summed E-state index contributed by atoms with van der Waals surface area (Å²) in [6, 6.07) is 19.8. The molecule has 3 aromatic carbocycles. The number of fused-ring (bicyclic) bond motifs is 3. The van der Waals surface area contributed by atoms with E-state index >= 15 is 0 Å². The van der Waals surface area contributed by atoms with Crippen LogP contribution in [0.15, 0.2) is 65.5 Å². The van der Waals surface area contributed by atoms with E-state index in [0.29, 0.717) is 6.61 Å². The Kier molecular flexibility index (Phi) is 2.93. The Morgan fingerprint density at radius 2 is 1.59 bits per heavy atom. The number of hydrogen-bond donors (Lipinski definition) is 2. The van der Waals surface area contributed by atoms with E-state index in [4.69, 9.17) is 4.74 Å². The van der Waals surface area contributed by atoms with Crippen LogP contribution in [0.1, 0.15) is 5.56 Å². The number of rotatable bonds is 3. The normalized spacial score (nSPS) is 11.1. The lowest BCUT2D eigenvalue weighted by atomic mass is 10.1. The first-order chi connectivity index (χ1) is 10.8. The summed E-state index contributed by atoms with van der Waals surface area (Å²) in [7, 11) is 0. The van der Waals surface area contributed by atoms with Gasteiger partial charge in [0, 0.05) is 16.8 Å². The number of ether oxygens (including phenoxy) is 1. The average molecular weight is 290 g/mol. The Bertz CT molecular complexity index is 1000. The SMILES string of the molecule is O=c1[nH]c2cc(OCc3ccccc3)c3ccccc3c2[nH]1. The Hall–Kier alpha value is -3.01. The van der Waals surface area contributed by atoms with Gasteiger partial charge in [-0.2, -0.15) is 0 Å². The molecule has 1 aromatic heterocycles. The van der Waals surface area contributed by atoms with E-state index in [1.165, 1.54) is 0 Å². The molecule has 0 unspecified atom stereocenters. The fourth-order valence-electron chi connectivity index (χ4n) is 2.70. The predicted molar refractivity (Wildman–Crippen MR) is 87.2 cm³/mol. The molecule has 1 heterocycles. The van der Waals surface area contributed by atoms with Crippen LogP contribution in [0.25, 0.3) is 21.8 Å². The highest BCUT2D eigenvalue weighted by Gasteiger charge is 2.09. The van der Waals surface area contributed by atoms with Crippen molar-refractivity contribution in [1.82, 2.24) is 9.97 Å². The highest BCUT2D eigenvalue weighted by Crippen LogP contribution is 2.31. The fourth-order valence-corrected chi connectivity index (χ4v) is 2.70. The van der Waals surface area contributed by atoms with Gasteiger partial charge in [0.25, 0.3) is 0 Å². The molecule has 22 heavy (non-hydrogen) atoms. The lowest BCUT2D eigenvalue weighted by molar-refractivity contribution is 0.310. The molecule has 0 amide bonds. The summed E-state index contributed by atoms with van der Waals surface area (Å²) in [5.74, 6) is 0.766. The van der Waals surface area contributed by atoms with Gasteiger partial charge < -0.3 is 14.7 Å². The largest absolute Gasteiger partial charge is 0.488 e. The van der Waals surface area contributed by atoms with Gasteiger partial charge in [-0.25, -0.2) is 4.79 Å². The first-order valence-electron chi connectivity index (χ1n) is 7.12. The molecule has 4 heteroatoms. The molecule has 0 spiro atoms. The van der Waals surface area contributed by atoms with Gasteiger partial charge in [0.1, 0.15) is 12.4 Å². The number of benzene rings is 3. The maximum Gasteiger partial charge on any atom is 0.323 e. The molecule has 0 bridgehead atoms. The predicted octanol–water partition coefficient (Wildman–Crippen LogP) is 3.59. The van der Waals surface area contributed by atoms with E-state index in [9.17, 15) is 4.79 Å². The van der Waals surface area contributed by atoms with E-state index in [1.54, 1.807) is 0 Å². The summed E-state index contributed by atoms with van der Waals surface area (Å²) in [5.41, 5.74) is 2.47. The third-order valence-corrected chi connectivity index (χ3v) is 3.73. The molecule has 0 saturated carbocycles. The van der Waals surface area contributed by atoms with Crippen LogP contribution in [0.5, 0.6) is 5.75 Å². The van der Waals surface area contributed by atoms with Crippen molar-refractivity contribution in [3.8, 4) is 5.75 Å². The lowest BCUT2D eigenvalue weighted by Crippen LogP contribution is -1.99. The van der Waals surface area contributed by atoms with E-state index in [2.05, 4.69) is 9.97 Å². The van der Waals surface area contributed by atoms with Crippen molar-refractivity contribution in [3.63, 3.8) is 0 Å². The van der Waals surface area contributed by atoms with Crippen molar-refractivity contribution in [2.24, 2.45) is 0 Å². The minimum atomic E-state index is -0.208. The monoisotopic (exact) mass is 290 g/mol. The topological polar surface area (TPSA) is 57.9 Å². The summed E-state index contributed by atoms with van der Waals surface area (Å²) in [4.78, 5) is 17.2. The van der Waals surface area contributed by atoms with Gasteiger partial charge in [-0.3, -0.25) is 0 Å². The Morgan fingerprint density at radius 1 is 0.864 bits per heavy atom. The smallest absolute Gasteiger partial charge is 0.323 e. The van der Waals surface area contributed by atoms with Crippen LogP contribution in [-0.4, -0.2) is 9.97 Å². The molecular formula is C18H14N2O2. The summed E-state index contributed by atoms with van der Waals surface area (Å²) in [5, 5.41) is 1.96. The number of aromatic nitrogens is 2. The molecule has 4 aromatic rings. The molecule has 4 nitrogen and oxygen atoms in total. The molecule has 0 aliphatic rings. The van der Waals surface area contributed by atoms with Gasteiger partial charge in [-0.05, 0) is 5.56 Å². The van der Waals surface area contributed by atoms with Gasteiger partial charge in [-0.15, -0.1) is 0 Å². The van der Waals surface area contributed by atoms with Crippen LogP contribution >= 0.6 is 0 Å². The van der Waals surface area contributed by atoms with Crippen molar-refractivity contribution in [2.45, 2.75) is 6.61 Å². The molecule has 0 aliphatic heterocycles. The first kappa shape index (κ1) is 12.7. The molecule has 0 saturated heterocycles. The Balaban J connectivity index is 1.83. The number of hydrogen-bond acceptors (Lipinski definition) is 2. The van der Waals surface area contributed by atoms with Gasteiger partial charge in [0.15, 0.2) is 0 Å². The zero-order valence-corrected chi connectivity index (χ0v) is 11.8. The van der Waals surface area contributed by atoms with Crippen molar-refractivity contribution in [3.05, 3.63) is 76.7 Å². The highest BCUT2D eigenvalue weighted by atomic mass is 16.5. The molecule has 4 rings (SSSR count). The highest BCUT2D eigenvalue weighted by molar-refractivity contribution is 6.07. The number of nitrogens with one attached hydrogen (secondary N) is 2. The Morgan fingerprint density at radius 3 is 2.41 bits per heavy atom. The van der Waals surface area contributed by atoms with Crippen molar-refractivity contribution >= 4 is 21.8 Å². The molecule has 0 aliphatic carbocycles. The second-order valence-corrected chi connectivity index (χ2v) is 5.20. The van der Waals surface area contributed by atoms with Crippen LogP contribution in [-0.2, 0) is 6.61 Å².